The Morgan fingerprint density at radius 3 is 2.19 bits per heavy atom. The molecule has 0 N–H and O–H groups in total. The first-order valence-electron chi connectivity index (χ1n) is 6.99. The molecule has 26 heavy (non-hydrogen) atoms. The van der Waals surface area contributed by atoms with Crippen LogP contribution in [-0.4, -0.2) is 30.1 Å². The molecule has 12 heteroatoms. The predicted octanol–water partition coefficient (Wildman–Crippen LogP) is 2.48. The molecule has 0 fully saturated rings. The van der Waals surface area contributed by atoms with Crippen molar-refractivity contribution in [3.05, 3.63) is 73.8 Å². The number of benzene rings is 2. The van der Waals surface area contributed by atoms with Crippen LogP contribution in [0, 0.1) is 31.9 Å². The van der Waals surface area contributed by atoms with E-state index in [1.807, 2.05) is 0 Å². The van der Waals surface area contributed by atoms with Gasteiger partial charge in [0.25, 0.3) is 11.4 Å². The summed E-state index contributed by atoms with van der Waals surface area (Å²) in [7, 11) is 0. The molecule has 132 valence electrons. The molecule has 0 atom stereocenters. The van der Waals surface area contributed by atoms with E-state index in [2.05, 4.69) is 15.4 Å². The van der Waals surface area contributed by atoms with E-state index in [4.69, 9.17) is 0 Å². The zero-order valence-corrected chi connectivity index (χ0v) is 12.7. The SMILES string of the molecule is O=[N+]([O-])c1cc(-c2nnn(Cc3ccc(F)c(F)c3)n2)cc([N+](=O)[O-])c1. The maximum Gasteiger partial charge on any atom is 0.277 e. The van der Waals surface area contributed by atoms with E-state index in [-0.39, 0.29) is 17.9 Å². The first-order valence-corrected chi connectivity index (χ1v) is 6.99. The smallest absolute Gasteiger partial charge is 0.258 e. The second-order valence-electron chi connectivity index (χ2n) is 5.14. The van der Waals surface area contributed by atoms with Gasteiger partial charge in [-0.15, -0.1) is 10.2 Å². The summed E-state index contributed by atoms with van der Waals surface area (Å²) >= 11 is 0. The van der Waals surface area contributed by atoms with Gasteiger partial charge >= 0.3 is 0 Å². The molecule has 0 aliphatic heterocycles. The van der Waals surface area contributed by atoms with Gasteiger partial charge in [0.2, 0.25) is 5.82 Å². The fourth-order valence-electron chi connectivity index (χ4n) is 2.16. The van der Waals surface area contributed by atoms with Crippen molar-refractivity contribution in [2.24, 2.45) is 0 Å². The Bertz CT molecular complexity index is 990. The molecule has 0 saturated carbocycles. The van der Waals surface area contributed by atoms with E-state index in [0.29, 0.717) is 5.56 Å². The molecule has 3 aromatic rings. The third kappa shape index (κ3) is 3.48. The lowest BCUT2D eigenvalue weighted by Gasteiger charge is -2.00. The second kappa shape index (κ2) is 6.58. The molecule has 0 spiro atoms. The monoisotopic (exact) mass is 362 g/mol. The average Bonchev–Trinajstić information content (AvgIpc) is 3.06. The number of nitro groups is 2. The zero-order chi connectivity index (χ0) is 18.8. The maximum absolute atomic E-state index is 13.2. The minimum atomic E-state index is -1.03. The van der Waals surface area contributed by atoms with Gasteiger partial charge in [0, 0.05) is 17.7 Å². The van der Waals surface area contributed by atoms with E-state index in [1.54, 1.807) is 0 Å². The quantitative estimate of drug-likeness (QED) is 0.503. The highest BCUT2D eigenvalue weighted by molar-refractivity contribution is 5.63. The van der Waals surface area contributed by atoms with E-state index < -0.39 is 32.9 Å². The number of halogens is 2. The van der Waals surface area contributed by atoms with Crippen molar-refractivity contribution in [2.75, 3.05) is 0 Å². The molecule has 3 rings (SSSR count). The van der Waals surface area contributed by atoms with Crippen molar-refractivity contribution in [1.82, 2.24) is 20.2 Å². The van der Waals surface area contributed by atoms with E-state index >= 15 is 0 Å². The summed E-state index contributed by atoms with van der Waals surface area (Å²) in [4.78, 5) is 21.3. The highest BCUT2D eigenvalue weighted by Gasteiger charge is 2.19. The predicted molar refractivity (Wildman–Crippen MR) is 82.0 cm³/mol. The minimum absolute atomic E-state index is 0.0300. The molecule has 0 radical (unpaired) electrons. The lowest BCUT2D eigenvalue weighted by molar-refractivity contribution is -0.394. The number of hydrogen-bond donors (Lipinski definition) is 0. The van der Waals surface area contributed by atoms with Crippen LogP contribution < -0.4 is 0 Å². The Labute approximate surface area is 143 Å². The van der Waals surface area contributed by atoms with Crippen molar-refractivity contribution >= 4 is 11.4 Å². The molecule has 1 heterocycles. The summed E-state index contributed by atoms with van der Waals surface area (Å²) in [6, 6.07) is 6.22. The number of hydrogen-bond acceptors (Lipinski definition) is 7. The molecular weight excluding hydrogens is 354 g/mol. The lowest BCUT2D eigenvalue weighted by Crippen LogP contribution is -2.04. The molecule has 0 unspecified atom stereocenters. The largest absolute Gasteiger partial charge is 0.277 e. The molecule has 1 aromatic heterocycles. The van der Waals surface area contributed by atoms with Crippen LogP contribution in [0.3, 0.4) is 0 Å². The average molecular weight is 362 g/mol. The van der Waals surface area contributed by atoms with Crippen molar-refractivity contribution in [3.63, 3.8) is 0 Å². The normalized spacial score (nSPS) is 10.7. The van der Waals surface area contributed by atoms with Crippen LogP contribution in [0.4, 0.5) is 20.2 Å². The number of nitrogens with zero attached hydrogens (tertiary/aromatic N) is 6. The summed E-state index contributed by atoms with van der Waals surface area (Å²) in [6.45, 7) is -0.0405. The Morgan fingerprint density at radius 1 is 0.962 bits per heavy atom. The van der Waals surface area contributed by atoms with Crippen LogP contribution in [0.15, 0.2) is 36.4 Å². The topological polar surface area (TPSA) is 130 Å². The van der Waals surface area contributed by atoms with Crippen molar-refractivity contribution in [1.29, 1.82) is 0 Å². The van der Waals surface area contributed by atoms with Gasteiger partial charge in [0.05, 0.1) is 22.5 Å². The number of rotatable bonds is 5. The summed E-state index contributed by atoms with van der Waals surface area (Å²) in [6.07, 6.45) is 0. The van der Waals surface area contributed by atoms with Crippen LogP contribution in [0.2, 0.25) is 0 Å². The molecular formula is C14H8F2N6O4. The summed E-state index contributed by atoms with van der Waals surface area (Å²) < 4.78 is 26.2. The maximum atomic E-state index is 13.2. The fraction of sp³-hybridized carbons (Fsp3) is 0.0714. The zero-order valence-electron chi connectivity index (χ0n) is 12.7. The minimum Gasteiger partial charge on any atom is -0.258 e. The molecule has 0 bridgehead atoms. The highest BCUT2D eigenvalue weighted by atomic mass is 19.2. The fourth-order valence-corrected chi connectivity index (χ4v) is 2.16. The summed E-state index contributed by atoms with van der Waals surface area (Å²) in [5.41, 5.74) is -0.599. The Hall–Kier alpha value is -3.83. The second-order valence-corrected chi connectivity index (χ2v) is 5.14. The Balaban J connectivity index is 1.93. The number of tetrazole rings is 1. The summed E-state index contributed by atoms with van der Waals surface area (Å²) in [5, 5.41) is 33.2. The van der Waals surface area contributed by atoms with Crippen molar-refractivity contribution in [2.45, 2.75) is 6.54 Å². The number of aromatic nitrogens is 4. The van der Waals surface area contributed by atoms with Gasteiger partial charge in [0.1, 0.15) is 0 Å². The van der Waals surface area contributed by atoms with Gasteiger partial charge in [-0.25, -0.2) is 8.78 Å². The van der Waals surface area contributed by atoms with Crippen LogP contribution in [0.5, 0.6) is 0 Å². The van der Waals surface area contributed by atoms with Crippen LogP contribution in [-0.2, 0) is 6.54 Å². The molecule has 2 aromatic carbocycles. The van der Waals surface area contributed by atoms with Crippen molar-refractivity contribution < 1.29 is 18.6 Å². The third-order valence-electron chi connectivity index (χ3n) is 3.34. The van der Waals surface area contributed by atoms with E-state index in [9.17, 15) is 29.0 Å². The molecule has 0 aliphatic carbocycles. The molecule has 0 amide bonds. The van der Waals surface area contributed by atoms with Crippen LogP contribution in [0.25, 0.3) is 11.4 Å². The van der Waals surface area contributed by atoms with Gasteiger partial charge in [-0.1, -0.05) is 6.07 Å². The van der Waals surface area contributed by atoms with Gasteiger partial charge in [-0.2, -0.15) is 4.80 Å². The van der Waals surface area contributed by atoms with Crippen LogP contribution in [0.1, 0.15) is 5.56 Å². The molecule has 0 saturated heterocycles. The van der Waals surface area contributed by atoms with E-state index in [1.165, 1.54) is 6.07 Å². The highest BCUT2D eigenvalue weighted by Crippen LogP contribution is 2.27. The lowest BCUT2D eigenvalue weighted by atomic mass is 10.1. The Morgan fingerprint density at radius 2 is 1.62 bits per heavy atom. The Kier molecular flexibility index (Phi) is 4.31. The standard InChI is InChI=1S/C14H8F2N6O4/c15-12-2-1-8(3-13(12)16)7-20-18-14(17-19-20)9-4-10(21(23)24)6-11(5-9)22(25)26/h1-6H,7H2. The molecule has 0 aliphatic rings. The van der Waals surface area contributed by atoms with Crippen molar-refractivity contribution in [3.8, 4) is 11.4 Å². The summed E-state index contributed by atoms with van der Waals surface area (Å²) in [5.74, 6) is -2.11. The number of non-ortho nitro benzene ring substituents is 2. The van der Waals surface area contributed by atoms with Gasteiger partial charge < -0.3 is 0 Å². The van der Waals surface area contributed by atoms with Gasteiger partial charge in [0.15, 0.2) is 11.6 Å². The van der Waals surface area contributed by atoms with E-state index in [0.717, 1.165) is 35.1 Å². The van der Waals surface area contributed by atoms with Gasteiger partial charge in [-0.3, -0.25) is 20.2 Å². The first kappa shape index (κ1) is 17.0. The third-order valence-corrected chi connectivity index (χ3v) is 3.34. The van der Waals surface area contributed by atoms with Crippen LogP contribution >= 0.6 is 0 Å². The molecule has 10 nitrogen and oxygen atoms in total. The first-order chi connectivity index (χ1) is 12.3. The van der Waals surface area contributed by atoms with Gasteiger partial charge in [-0.05, 0) is 22.9 Å². The number of nitro benzene ring substituents is 2.